The number of hydrogen-bond donors (Lipinski definition) is 2. The van der Waals surface area contributed by atoms with Crippen LogP contribution in [0.3, 0.4) is 0 Å². The van der Waals surface area contributed by atoms with Crippen LogP contribution in [0.25, 0.3) is 0 Å². The third-order valence-electron chi connectivity index (χ3n) is 6.93. The highest BCUT2D eigenvalue weighted by atomic mass is 16.5. The van der Waals surface area contributed by atoms with Crippen molar-refractivity contribution in [2.75, 3.05) is 26.3 Å². The van der Waals surface area contributed by atoms with Gasteiger partial charge in [-0.1, -0.05) is 13.3 Å². The fraction of sp³-hybridized carbons (Fsp3) is 0.944. The van der Waals surface area contributed by atoms with Gasteiger partial charge >= 0.3 is 6.03 Å². The number of likely N-dealkylation sites (tertiary alicyclic amines) is 1. The van der Waals surface area contributed by atoms with Crippen molar-refractivity contribution in [3.8, 4) is 0 Å². The first-order chi connectivity index (χ1) is 11.1. The lowest BCUT2D eigenvalue weighted by Crippen LogP contribution is -2.68. The number of hydrogen-bond acceptors (Lipinski definition) is 3. The van der Waals surface area contributed by atoms with Gasteiger partial charge in [0.1, 0.15) is 0 Å². The van der Waals surface area contributed by atoms with E-state index in [9.17, 15) is 9.90 Å². The smallest absolute Gasteiger partial charge is 0.317 e. The summed E-state index contributed by atoms with van der Waals surface area (Å²) in [5.74, 6) is 0. The van der Waals surface area contributed by atoms with E-state index < -0.39 is 0 Å². The van der Waals surface area contributed by atoms with Crippen LogP contribution in [0.15, 0.2) is 0 Å². The van der Waals surface area contributed by atoms with Gasteiger partial charge in [-0.3, -0.25) is 0 Å². The number of amides is 2. The van der Waals surface area contributed by atoms with Crippen molar-refractivity contribution in [2.45, 2.75) is 70.9 Å². The van der Waals surface area contributed by atoms with Gasteiger partial charge in [-0.15, -0.1) is 0 Å². The van der Waals surface area contributed by atoms with Crippen LogP contribution in [-0.2, 0) is 4.74 Å². The zero-order valence-corrected chi connectivity index (χ0v) is 14.6. The summed E-state index contributed by atoms with van der Waals surface area (Å²) in [5, 5.41) is 12.9. The number of ether oxygens (including phenoxy) is 1. The molecule has 2 unspecified atom stereocenters. The Morgan fingerprint density at radius 1 is 1.26 bits per heavy atom. The second-order valence-electron chi connectivity index (χ2n) is 7.77. The van der Waals surface area contributed by atoms with Crippen LogP contribution in [0.4, 0.5) is 4.79 Å². The summed E-state index contributed by atoms with van der Waals surface area (Å²) in [6, 6.07) is 0.370. The molecule has 3 aliphatic rings. The summed E-state index contributed by atoms with van der Waals surface area (Å²) in [6.45, 7) is 6.70. The lowest BCUT2D eigenvalue weighted by atomic mass is 9.51. The summed E-state index contributed by atoms with van der Waals surface area (Å²) in [4.78, 5) is 14.5. The highest BCUT2D eigenvalue weighted by Gasteiger charge is 2.59. The van der Waals surface area contributed by atoms with Crippen LogP contribution in [0.2, 0.25) is 0 Å². The van der Waals surface area contributed by atoms with E-state index in [0.29, 0.717) is 6.10 Å². The van der Waals surface area contributed by atoms with E-state index in [1.807, 2.05) is 11.8 Å². The van der Waals surface area contributed by atoms with Gasteiger partial charge in [0.25, 0.3) is 0 Å². The van der Waals surface area contributed by atoms with Crippen molar-refractivity contribution < 1.29 is 14.6 Å². The first-order valence-corrected chi connectivity index (χ1v) is 9.37. The Morgan fingerprint density at radius 2 is 1.96 bits per heavy atom. The number of rotatable bonds is 5. The fourth-order valence-corrected chi connectivity index (χ4v) is 4.69. The molecule has 5 heteroatoms. The minimum atomic E-state index is 0.0303. The Hall–Kier alpha value is -0.810. The SMILES string of the molecule is CCOC1CC(NC(=O)N2CCC(CC)(CO)CC2)C12CCC2. The van der Waals surface area contributed by atoms with Crippen molar-refractivity contribution in [3.63, 3.8) is 0 Å². The molecule has 1 heterocycles. The van der Waals surface area contributed by atoms with Crippen LogP contribution in [0.5, 0.6) is 0 Å². The summed E-state index contributed by atoms with van der Waals surface area (Å²) < 4.78 is 5.86. The molecule has 3 rings (SSSR count). The predicted molar refractivity (Wildman–Crippen MR) is 89.3 cm³/mol. The Balaban J connectivity index is 1.51. The molecule has 2 atom stereocenters. The molecule has 1 spiro atoms. The minimum Gasteiger partial charge on any atom is -0.396 e. The molecule has 0 radical (unpaired) electrons. The number of carbonyl (C=O) groups is 1. The number of aliphatic hydroxyl groups excluding tert-OH is 1. The number of piperidine rings is 1. The van der Waals surface area contributed by atoms with Crippen molar-refractivity contribution >= 4 is 6.03 Å². The van der Waals surface area contributed by atoms with Gasteiger partial charge < -0.3 is 20.1 Å². The van der Waals surface area contributed by atoms with E-state index in [0.717, 1.165) is 45.4 Å². The van der Waals surface area contributed by atoms with Gasteiger partial charge in [0.2, 0.25) is 0 Å². The number of urea groups is 1. The topological polar surface area (TPSA) is 61.8 Å². The normalized spacial score (nSPS) is 31.3. The van der Waals surface area contributed by atoms with Crippen molar-refractivity contribution in [3.05, 3.63) is 0 Å². The first-order valence-electron chi connectivity index (χ1n) is 9.37. The fourth-order valence-electron chi connectivity index (χ4n) is 4.69. The number of nitrogens with one attached hydrogen (secondary N) is 1. The quantitative estimate of drug-likeness (QED) is 0.817. The molecule has 1 aliphatic heterocycles. The van der Waals surface area contributed by atoms with Gasteiger partial charge in [0.15, 0.2) is 0 Å². The number of nitrogens with zero attached hydrogens (tertiary/aromatic N) is 1. The van der Waals surface area contributed by atoms with Crippen LogP contribution in [-0.4, -0.2) is 54.5 Å². The number of carbonyl (C=O) groups excluding carboxylic acids is 1. The van der Waals surface area contributed by atoms with E-state index >= 15 is 0 Å². The first kappa shape index (κ1) is 17.0. The minimum absolute atomic E-state index is 0.0303. The molecule has 0 aromatic carbocycles. The van der Waals surface area contributed by atoms with Crippen LogP contribution in [0, 0.1) is 10.8 Å². The average Bonchev–Trinajstić information content (AvgIpc) is 2.52. The molecule has 0 aromatic rings. The summed E-state index contributed by atoms with van der Waals surface area (Å²) in [6.07, 6.45) is 7.74. The van der Waals surface area contributed by atoms with Gasteiger partial charge in [-0.25, -0.2) is 4.79 Å². The van der Waals surface area contributed by atoms with Crippen molar-refractivity contribution in [2.24, 2.45) is 10.8 Å². The van der Waals surface area contributed by atoms with Gasteiger partial charge in [0.05, 0.1) is 6.10 Å². The highest BCUT2D eigenvalue weighted by Crippen LogP contribution is 2.57. The maximum absolute atomic E-state index is 12.6. The van der Waals surface area contributed by atoms with E-state index in [2.05, 4.69) is 12.2 Å². The zero-order valence-electron chi connectivity index (χ0n) is 14.6. The maximum atomic E-state index is 12.6. The van der Waals surface area contributed by atoms with Crippen molar-refractivity contribution in [1.82, 2.24) is 10.2 Å². The molecule has 2 aliphatic carbocycles. The van der Waals surface area contributed by atoms with Gasteiger partial charge in [0, 0.05) is 37.8 Å². The highest BCUT2D eigenvalue weighted by molar-refractivity contribution is 5.75. The van der Waals surface area contributed by atoms with Crippen LogP contribution < -0.4 is 5.32 Å². The Labute approximate surface area is 139 Å². The predicted octanol–water partition coefficient (Wildman–Crippen LogP) is 2.53. The molecule has 3 fully saturated rings. The molecule has 2 N–H and O–H groups in total. The molecule has 2 amide bonds. The third-order valence-corrected chi connectivity index (χ3v) is 6.93. The third kappa shape index (κ3) is 2.86. The lowest BCUT2D eigenvalue weighted by molar-refractivity contribution is -0.170. The Kier molecular flexibility index (Phi) is 4.88. The molecule has 1 saturated heterocycles. The average molecular weight is 324 g/mol. The summed E-state index contributed by atoms with van der Waals surface area (Å²) in [5.41, 5.74) is 0.252. The summed E-state index contributed by atoms with van der Waals surface area (Å²) >= 11 is 0. The second-order valence-corrected chi connectivity index (χ2v) is 7.77. The molecule has 23 heavy (non-hydrogen) atoms. The van der Waals surface area contributed by atoms with Gasteiger partial charge in [-0.05, 0) is 50.9 Å². The van der Waals surface area contributed by atoms with E-state index in [4.69, 9.17) is 4.74 Å². The molecule has 0 bridgehead atoms. The molecule has 2 saturated carbocycles. The molecular formula is C18H32N2O3. The van der Waals surface area contributed by atoms with Gasteiger partial charge in [-0.2, -0.15) is 0 Å². The lowest BCUT2D eigenvalue weighted by Gasteiger charge is -2.61. The standard InChI is InChI=1S/C18H32N2O3/c1-3-17(13-21)8-10-20(11-9-17)16(22)19-14-12-15(23-4-2)18(14)6-5-7-18/h14-15,21H,3-13H2,1-2H3,(H,19,22). The van der Waals surface area contributed by atoms with E-state index in [1.54, 1.807) is 0 Å². The molecule has 0 aromatic heterocycles. The van der Waals surface area contributed by atoms with E-state index in [1.165, 1.54) is 19.3 Å². The second kappa shape index (κ2) is 6.60. The van der Waals surface area contributed by atoms with Crippen molar-refractivity contribution in [1.29, 1.82) is 0 Å². The maximum Gasteiger partial charge on any atom is 0.317 e. The monoisotopic (exact) mass is 324 g/mol. The Bertz CT molecular complexity index is 422. The van der Waals surface area contributed by atoms with E-state index in [-0.39, 0.29) is 29.5 Å². The Morgan fingerprint density at radius 3 is 2.43 bits per heavy atom. The zero-order chi connectivity index (χ0) is 16.5. The van der Waals surface area contributed by atoms with Crippen LogP contribution >= 0.6 is 0 Å². The molecule has 5 nitrogen and oxygen atoms in total. The molecular weight excluding hydrogens is 292 g/mol. The van der Waals surface area contributed by atoms with Crippen LogP contribution in [0.1, 0.15) is 58.8 Å². The number of aliphatic hydroxyl groups is 1. The summed E-state index contributed by atoms with van der Waals surface area (Å²) in [7, 11) is 0. The molecule has 132 valence electrons. The largest absolute Gasteiger partial charge is 0.396 e.